The van der Waals surface area contributed by atoms with Crippen LogP contribution in [0.3, 0.4) is 0 Å². The van der Waals surface area contributed by atoms with Gasteiger partial charge in [-0.2, -0.15) is 8.78 Å². The van der Waals surface area contributed by atoms with Crippen molar-refractivity contribution in [2.24, 2.45) is 5.73 Å². The fraction of sp³-hybridized carbons (Fsp3) is 0.214. The Morgan fingerprint density at radius 3 is 2.42 bits per heavy atom. The Kier molecular flexibility index (Phi) is 3.85. The first-order valence-electron chi connectivity index (χ1n) is 5.83. The lowest BCUT2D eigenvalue weighted by Gasteiger charge is -2.19. The van der Waals surface area contributed by atoms with Crippen molar-refractivity contribution in [2.45, 2.75) is 12.3 Å². The third kappa shape index (κ3) is 2.61. The van der Waals surface area contributed by atoms with E-state index in [0.29, 0.717) is 0 Å². The number of alkyl halides is 2. The third-order valence-electron chi connectivity index (χ3n) is 2.87. The first-order chi connectivity index (χ1) is 9.07. The van der Waals surface area contributed by atoms with Gasteiger partial charge < -0.3 is 5.73 Å². The van der Waals surface area contributed by atoms with Crippen LogP contribution in [0.1, 0.15) is 16.7 Å². The molecule has 0 spiro atoms. The van der Waals surface area contributed by atoms with E-state index in [1.807, 2.05) is 0 Å². The van der Waals surface area contributed by atoms with Crippen LogP contribution in [0.15, 0.2) is 42.7 Å². The maximum absolute atomic E-state index is 14.3. The van der Waals surface area contributed by atoms with Gasteiger partial charge in [0, 0.05) is 18.0 Å². The lowest BCUT2D eigenvalue weighted by molar-refractivity contribution is 0.0386. The highest BCUT2D eigenvalue weighted by molar-refractivity contribution is 5.36. The number of hydrogen-bond acceptors (Lipinski definition) is 2. The fourth-order valence-electron chi connectivity index (χ4n) is 1.89. The molecule has 2 N–H and O–H groups in total. The molecule has 0 radical (unpaired) electrons. The van der Waals surface area contributed by atoms with E-state index in [2.05, 4.69) is 4.98 Å². The quantitative estimate of drug-likeness (QED) is 0.924. The van der Waals surface area contributed by atoms with E-state index in [-0.39, 0.29) is 24.1 Å². The maximum atomic E-state index is 14.3. The number of hydrogen-bond donors (Lipinski definition) is 1. The molecule has 1 aromatic heterocycles. The lowest BCUT2D eigenvalue weighted by Crippen LogP contribution is -2.18. The van der Waals surface area contributed by atoms with E-state index >= 15 is 0 Å². The van der Waals surface area contributed by atoms with E-state index in [9.17, 15) is 13.2 Å². The van der Waals surface area contributed by atoms with Gasteiger partial charge in [0.15, 0.2) is 0 Å². The zero-order chi connectivity index (χ0) is 13.9. The molecule has 1 aromatic carbocycles. The highest BCUT2D eigenvalue weighted by Crippen LogP contribution is 2.37. The van der Waals surface area contributed by atoms with Gasteiger partial charge in [-0.15, -0.1) is 0 Å². The van der Waals surface area contributed by atoms with Crippen LogP contribution in [-0.4, -0.2) is 11.5 Å². The molecule has 0 saturated heterocycles. The zero-order valence-electron chi connectivity index (χ0n) is 10.1. The van der Waals surface area contributed by atoms with Crippen LogP contribution in [0.2, 0.25) is 0 Å². The van der Waals surface area contributed by atoms with Crippen molar-refractivity contribution in [3.63, 3.8) is 0 Å². The number of rotatable bonds is 4. The fourth-order valence-corrected chi connectivity index (χ4v) is 1.89. The molecule has 0 saturated carbocycles. The number of benzene rings is 1. The topological polar surface area (TPSA) is 38.9 Å². The molecule has 0 amide bonds. The standard InChI is InChI=1S/C14H13F3N2/c15-13-10(4-7-18)2-1-3-12(13)14(16,17)11-5-8-19-9-6-11/h1-3,5-6,8-9H,4,7,18H2. The summed E-state index contributed by atoms with van der Waals surface area (Å²) in [5.41, 5.74) is 4.62. The van der Waals surface area contributed by atoms with Gasteiger partial charge in [-0.25, -0.2) is 4.39 Å². The predicted octanol–water partition coefficient (Wildman–Crippen LogP) is 2.86. The van der Waals surface area contributed by atoms with Crippen LogP contribution in [0.25, 0.3) is 0 Å². The Morgan fingerprint density at radius 2 is 1.79 bits per heavy atom. The minimum Gasteiger partial charge on any atom is -0.330 e. The van der Waals surface area contributed by atoms with Crippen molar-refractivity contribution >= 4 is 0 Å². The average Bonchev–Trinajstić information content (AvgIpc) is 2.42. The maximum Gasteiger partial charge on any atom is 0.301 e. The monoisotopic (exact) mass is 266 g/mol. The van der Waals surface area contributed by atoms with Crippen LogP contribution in [0.4, 0.5) is 13.2 Å². The summed E-state index contributed by atoms with van der Waals surface area (Å²) in [4.78, 5) is 3.68. The van der Waals surface area contributed by atoms with Gasteiger partial charge in [0.2, 0.25) is 0 Å². The van der Waals surface area contributed by atoms with Crippen LogP contribution in [0.5, 0.6) is 0 Å². The van der Waals surface area contributed by atoms with Gasteiger partial charge in [0.05, 0.1) is 5.56 Å². The van der Waals surface area contributed by atoms with E-state index in [1.54, 1.807) is 0 Å². The number of halogens is 3. The number of nitrogens with two attached hydrogens (primary N) is 1. The Hall–Kier alpha value is -1.88. The zero-order valence-corrected chi connectivity index (χ0v) is 10.1. The molecule has 2 rings (SSSR count). The second-order valence-electron chi connectivity index (χ2n) is 4.13. The number of nitrogens with zero attached hydrogens (tertiary/aromatic N) is 1. The molecule has 19 heavy (non-hydrogen) atoms. The number of pyridine rings is 1. The molecule has 0 atom stereocenters. The average molecular weight is 266 g/mol. The summed E-state index contributed by atoms with van der Waals surface area (Å²) in [6.45, 7) is 0.210. The summed E-state index contributed by atoms with van der Waals surface area (Å²) >= 11 is 0. The Labute approximate surface area is 109 Å². The van der Waals surface area contributed by atoms with Crippen molar-refractivity contribution in [1.82, 2.24) is 4.98 Å². The molecule has 5 heteroatoms. The van der Waals surface area contributed by atoms with Gasteiger partial charge in [-0.1, -0.05) is 12.1 Å². The first-order valence-corrected chi connectivity index (χ1v) is 5.83. The summed E-state index contributed by atoms with van der Waals surface area (Å²) < 4.78 is 42.6. The van der Waals surface area contributed by atoms with E-state index in [1.165, 1.54) is 36.7 Å². The molecule has 2 nitrogen and oxygen atoms in total. The van der Waals surface area contributed by atoms with Crippen molar-refractivity contribution in [2.75, 3.05) is 6.54 Å². The lowest BCUT2D eigenvalue weighted by atomic mass is 9.97. The van der Waals surface area contributed by atoms with Gasteiger partial charge in [-0.05, 0) is 36.7 Å². The summed E-state index contributed by atoms with van der Waals surface area (Å²) in [7, 11) is 0. The summed E-state index contributed by atoms with van der Waals surface area (Å²) in [5.74, 6) is -4.28. The predicted molar refractivity (Wildman–Crippen MR) is 66.4 cm³/mol. The summed E-state index contributed by atoms with van der Waals surface area (Å²) in [5, 5.41) is 0. The molecule has 0 unspecified atom stereocenters. The SMILES string of the molecule is NCCc1cccc(C(F)(F)c2ccncc2)c1F. The molecule has 0 aliphatic heterocycles. The second kappa shape index (κ2) is 5.40. The molecule has 2 aromatic rings. The largest absolute Gasteiger partial charge is 0.330 e. The molecule has 0 aliphatic rings. The second-order valence-corrected chi connectivity index (χ2v) is 4.13. The van der Waals surface area contributed by atoms with Crippen molar-refractivity contribution < 1.29 is 13.2 Å². The van der Waals surface area contributed by atoms with Gasteiger partial charge in [-0.3, -0.25) is 4.98 Å². The van der Waals surface area contributed by atoms with Crippen molar-refractivity contribution in [1.29, 1.82) is 0 Å². The highest BCUT2D eigenvalue weighted by atomic mass is 19.3. The minimum atomic E-state index is -3.39. The van der Waals surface area contributed by atoms with Crippen molar-refractivity contribution in [3.05, 3.63) is 65.2 Å². The van der Waals surface area contributed by atoms with Gasteiger partial charge >= 0.3 is 5.92 Å². The normalized spacial score (nSPS) is 11.6. The molecule has 0 fully saturated rings. The Bertz CT molecular complexity index is 556. The molecular weight excluding hydrogens is 253 g/mol. The smallest absolute Gasteiger partial charge is 0.301 e. The highest BCUT2D eigenvalue weighted by Gasteiger charge is 2.37. The molecule has 0 aliphatic carbocycles. The van der Waals surface area contributed by atoms with Crippen LogP contribution < -0.4 is 5.73 Å². The first kappa shape index (κ1) is 13.5. The molecule has 1 heterocycles. The van der Waals surface area contributed by atoms with Crippen LogP contribution in [0, 0.1) is 5.82 Å². The molecule has 0 bridgehead atoms. The summed E-state index contributed by atoms with van der Waals surface area (Å²) in [6, 6.07) is 6.33. The van der Waals surface area contributed by atoms with Crippen LogP contribution >= 0.6 is 0 Å². The van der Waals surface area contributed by atoms with Gasteiger partial charge in [0.1, 0.15) is 5.82 Å². The van der Waals surface area contributed by atoms with Crippen molar-refractivity contribution in [3.8, 4) is 0 Å². The Morgan fingerprint density at radius 1 is 1.11 bits per heavy atom. The van der Waals surface area contributed by atoms with E-state index in [4.69, 9.17) is 5.73 Å². The van der Waals surface area contributed by atoms with E-state index in [0.717, 1.165) is 6.07 Å². The molecule has 100 valence electrons. The van der Waals surface area contributed by atoms with Crippen LogP contribution in [-0.2, 0) is 12.3 Å². The van der Waals surface area contributed by atoms with E-state index < -0.39 is 17.3 Å². The van der Waals surface area contributed by atoms with Gasteiger partial charge in [0.25, 0.3) is 0 Å². The minimum absolute atomic E-state index is 0.203. The summed E-state index contributed by atoms with van der Waals surface area (Å²) in [6.07, 6.45) is 2.74. The molecular formula is C14H13F3N2. The Balaban J connectivity index is 2.49. The number of aromatic nitrogens is 1. The third-order valence-corrected chi connectivity index (χ3v) is 2.87.